The Morgan fingerprint density at radius 2 is 1.85 bits per heavy atom. The van der Waals surface area contributed by atoms with E-state index in [9.17, 15) is 28.2 Å². The number of halogens is 3. The van der Waals surface area contributed by atoms with Crippen LogP contribution in [-0.2, 0) is 9.53 Å². The molecule has 0 aliphatic heterocycles. The molecule has 112 valence electrons. The maximum atomic E-state index is 12.1. The monoisotopic (exact) mass is 310 g/mol. The molecule has 0 aliphatic carbocycles. The van der Waals surface area contributed by atoms with Gasteiger partial charge in [0.05, 0.1) is 19.6 Å². The standard InChI is InChI=1S/C12H13F3O4S/c1-19-10(17)6-9(16)11(18)7-2-4-8(5-3-7)20-12(13,14)15/h2-5,9,11,16,18H,6H2,1H3. The molecule has 0 radical (unpaired) electrons. The summed E-state index contributed by atoms with van der Waals surface area (Å²) < 4.78 is 40.7. The lowest BCUT2D eigenvalue weighted by atomic mass is 10.0. The van der Waals surface area contributed by atoms with Crippen molar-refractivity contribution < 1.29 is 32.9 Å². The number of alkyl halides is 3. The number of ether oxygens (including phenoxy) is 1. The van der Waals surface area contributed by atoms with Crippen LogP contribution in [0, 0.1) is 0 Å². The van der Waals surface area contributed by atoms with E-state index < -0.39 is 30.1 Å². The van der Waals surface area contributed by atoms with Crippen molar-refractivity contribution in [3.05, 3.63) is 29.8 Å². The Morgan fingerprint density at radius 3 is 2.30 bits per heavy atom. The van der Waals surface area contributed by atoms with Crippen LogP contribution in [0.25, 0.3) is 0 Å². The van der Waals surface area contributed by atoms with Crippen LogP contribution in [0.2, 0.25) is 0 Å². The number of thioether (sulfide) groups is 1. The largest absolute Gasteiger partial charge is 0.469 e. The first-order chi connectivity index (χ1) is 9.23. The summed E-state index contributed by atoms with van der Waals surface area (Å²) in [4.78, 5) is 10.9. The number of carbonyl (C=O) groups excluding carboxylic acids is 1. The summed E-state index contributed by atoms with van der Waals surface area (Å²) in [7, 11) is 1.14. The molecule has 0 saturated heterocycles. The molecule has 0 spiro atoms. The van der Waals surface area contributed by atoms with Crippen molar-refractivity contribution in [1.82, 2.24) is 0 Å². The first-order valence-corrected chi connectivity index (χ1v) is 6.33. The van der Waals surface area contributed by atoms with E-state index in [1.807, 2.05) is 0 Å². The molecule has 0 heterocycles. The molecule has 0 aliphatic rings. The number of rotatable bonds is 5. The van der Waals surface area contributed by atoms with Crippen molar-refractivity contribution in [1.29, 1.82) is 0 Å². The molecule has 2 atom stereocenters. The SMILES string of the molecule is COC(=O)CC(O)C(O)c1ccc(SC(F)(F)F)cc1. The van der Waals surface area contributed by atoms with Gasteiger partial charge in [0, 0.05) is 4.90 Å². The highest BCUT2D eigenvalue weighted by atomic mass is 32.2. The van der Waals surface area contributed by atoms with Gasteiger partial charge < -0.3 is 14.9 Å². The zero-order valence-corrected chi connectivity index (χ0v) is 11.2. The Morgan fingerprint density at radius 1 is 1.30 bits per heavy atom. The Bertz CT molecular complexity index is 447. The van der Waals surface area contributed by atoms with Gasteiger partial charge in [0.15, 0.2) is 0 Å². The lowest BCUT2D eigenvalue weighted by Crippen LogP contribution is -2.22. The molecule has 0 amide bonds. The number of esters is 1. The highest BCUT2D eigenvalue weighted by Crippen LogP contribution is 2.37. The second kappa shape index (κ2) is 6.96. The fourth-order valence-corrected chi connectivity index (χ4v) is 1.99. The highest BCUT2D eigenvalue weighted by Gasteiger charge is 2.29. The summed E-state index contributed by atoms with van der Waals surface area (Å²) in [6.45, 7) is 0. The number of methoxy groups -OCH3 is 1. The minimum absolute atomic E-state index is 0.0316. The van der Waals surface area contributed by atoms with E-state index in [0.717, 1.165) is 7.11 Å². The van der Waals surface area contributed by atoms with Gasteiger partial charge >= 0.3 is 11.5 Å². The fraction of sp³-hybridized carbons (Fsp3) is 0.417. The molecule has 4 nitrogen and oxygen atoms in total. The molecule has 0 aromatic heterocycles. The van der Waals surface area contributed by atoms with Crippen LogP contribution in [0.3, 0.4) is 0 Å². The number of hydrogen-bond donors (Lipinski definition) is 2. The van der Waals surface area contributed by atoms with Crippen molar-refractivity contribution in [2.24, 2.45) is 0 Å². The molecule has 0 saturated carbocycles. The van der Waals surface area contributed by atoms with Gasteiger partial charge in [-0.1, -0.05) is 12.1 Å². The molecule has 1 aromatic rings. The Balaban J connectivity index is 2.70. The van der Waals surface area contributed by atoms with E-state index in [4.69, 9.17) is 0 Å². The summed E-state index contributed by atoms with van der Waals surface area (Å²) in [5, 5.41) is 19.4. The zero-order valence-electron chi connectivity index (χ0n) is 10.4. The van der Waals surface area contributed by atoms with E-state index in [1.165, 1.54) is 24.3 Å². The average molecular weight is 310 g/mol. The molecule has 1 rings (SSSR count). The predicted octanol–water partition coefficient (Wildman–Crippen LogP) is 2.26. The van der Waals surface area contributed by atoms with Gasteiger partial charge in [-0.2, -0.15) is 13.2 Å². The maximum absolute atomic E-state index is 12.1. The van der Waals surface area contributed by atoms with Crippen LogP contribution in [-0.4, -0.2) is 34.9 Å². The first kappa shape index (κ1) is 16.8. The summed E-state index contributed by atoms with van der Waals surface area (Å²) in [5.41, 5.74) is -4.17. The van der Waals surface area contributed by atoms with Crippen LogP contribution in [0.4, 0.5) is 13.2 Å². The van der Waals surface area contributed by atoms with Crippen molar-refractivity contribution in [3.8, 4) is 0 Å². The van der Waals surface area contributed by atoms with Gasteiger partial charge in [0.25, 0.3) is 0 Å². The Hall–Kier alpha value is -1.25. The zero-order chi connectivity index (χ0) is 15.3. The number of hydrogen-bond acceptors (Lipinski definition) is 5. The van der Waals surface area contributed by atoms with Crippen LogP contribution >= 0.6 is 11.8 Å². The van der Waals surface area contributed by atoms with Gasteiger partial charge in [-0.25, -0.2) is 0 Å². The second-order valence-corrected chi connectivity index (χ2v) is 5.05. The topological polar surface area (TPSA) is 66.8 Å². The Labute approximate surface area is 117 Å². The number of aliphatic hydroxyl groups is 2. The fourth-order valence-electron chi connectivity index (χ4n) is 1.45. The molecule has 1 aromatic carbocycles. The van der Waals surface area contributed by atoms with Crippen LogP contribution in [0.5, 0.6) is 0 Å². The van der Waals surface area contributed by atoms with E-state index in [2.05, 4.69) is 4.74 Å². The number of benzene rings is 1. The van der Waals surface area contributed by atoms with Gasteiger partial charge in [-0.3, -0.25) is 4.79 Å². The van der Waals surface area contributed by atoms with E-state index in [-0.39, 0.29) is 22.2 Å². The molecular formula is C12H13F3O4S. The van der Waals surface area contributed by atoms with Crippen molar-refractivity contribution in [2.75, 3.05) is 7.11 Å². The minimum Gasteiger partial charge on any atom is -0.469 e. The van der Waals surface area contributed by atoms with E-state index >= 15 is 0 Å². The van der Waals surface area contributed by atoms with Gasteiger partial charge in [0.2, 0.25) is 0 Å². The second-order valence-electron chi connectivity index (χ2n) is 3.91. The summed E-state index contributed by atoms with van der Waals surface area (Å²) in [6, 6.07) is 4.89. The van der Waals surface area contributed by atoms with Crippen LogP contribution in [0.1, 0.15) is 18.1 Å². The van der Waals surface area contributed by atoms with Gasteiger partial charge in [0.1, 0.15) is 6.10 Å². The number of carbonyl (C=O) groups is 1. The normalized spacial score (nSPS) is 14.7. The summed E-state index contributed by atoms with van der Waals surface area (Å²) in [6.07, 6.45) is -3.17. The molecular weight excluding hydrogens is 297 g/mol. The van der Waals surface area contributed by atoms with Gasteiger partial charge in [-0.05, 0) is 29.5 Å². The van der Waals surface area contributed by atoms with Crippen LogP contribution < -0.4 is 0 Å². The molecule has 0 bridgehead atoms. The maximum Gasteiger partial charge on any atom is 0.446 e. The number of aliphatic hydroxyl groups excluding tert-OH is 2. The molecule has 8 heteroatoms. The van der Waals surface area contributed by atoms with E-state index in [1.54, 1.807) is 0 Å². The third-order valence-corrected chi connectivity index (χ3v) is 3.16. The lowest BCUT2D eigenvalue weighted by molar-refractivity contribution is -0.144. The lowest BCUT2D eigenvalue weighted by Gasteiger charge is -2.17. The molecule has 2 N–H and O–H groups in total. The van der Waals surface area contributed by atoms with Crippen molar-refractivity contribution in [2.45, 2.75) is 29.0 Å². The summed E-state index contributed by atoms with van der Waals surface area (Å²) in [5.74, 6) is -0.694. The Kier molecular flexibility index (Phi) is 5.85. The van der Waals surface area contributed by atoms with Crippen LogP contribution in [0.15, 0.2) is 29.2 Å². The molecule has 20 heavy (non-hydrogen) atoms. The van der Waals surface area contributed by atoms with Gasteiger partial charge in [-0.15, -0.1) is 0 Å². The molecule has 2 unspecified atom stereocenters. The third-order valence-electron chi connectivity index (χ3n) is 2.42. The van der Waals surface area contributed by atoms with Crippen molar-refractivity contribution >= 4 is 17.7 Å². The molecule has 0 fully saturated rings. The minimum atomic E-state index is -4.38. The highest BCUT2D eigenvalue weighted by molar-refractivity contribution is 8.00. The average Bonchev–Trinajstić information content (AvgIpc) is 2.36. The predicted molar refractivity (Wildman–Crippen MR) is 66.0 cm³/mol. The van der Waals surface area contributed by atoms with Crippen molar-refractivity contribution in [3.63, 3.8) is 0 Å². The smallest absolute Gasteiger partial charge is 0.446 e. The third kappa shape index (κ3) is 5.40. The quantitative estimate of drug-likeness (QED) is 0.645. The van der Waals surface area contributed by atoms with E-state index in [0.29, 0.717) is 0 Å². The first-order valence-electron chi connectivity index (χ1n) is 5.51. The summed E-state index contributed by atoms with van der Waals surface area (Å²) >= 11 is -0.274.